The van der Waals surface area contributed by atoms with Crippen molar-refractivity contribution in [2.75, 3.05) is 0 Å². The SMILES string of the molecule is CC(C)(C)CCC(N)Cc1ccccn1. The number of rotatable bonds is 4. The number of hydrogen-bond acceptors (Lipinski definition) is 2. The molecule has 2 heteroatoms. The van der Waals surface area contributed by atoms with Crippen molar-refractivity contribution in [3.8, 4) is 0 Å². The van der Waals surface area contributed by atoms with Gasteiger partial charge in [-0.25, -0.2) is 0 Å². The summed E-state index contributed by atoms with van der Waals surface area (Å²) in [6, 6.07) is 6.22. The lowest BCUT2D eigenvalue weighted by molar-refractivity contribution is 0.347. The lowest BCUT2D eigenvalue weighted by Gasteiger charge is -2.20. The topological polar surface area (TPSA) is 38.9 Å². The molecule has 0 radical (unpaired) electrons. The molecule has 0 aromatic carbocycles. The molecule has 84 valence electrons. The molecule has 1 heterocycles. The molecular formula is C13H22N2. The minimum Gasteiger partial charge on any atom is -0.327 e. The molecule has 0 saturated carbocycles. The van der Waals surface area contributed by atoms with E-state index in [0.29, 0.717) is 5.41 Å². The first-order valence-electron chi connectivity index (χ1n) is 5.63. The molecule has 2 N–H and O–H groups in total. The molecule has 1 aromatic heterocycles. The Bertz CT molecular complexity index is 274. The van der Waals surface area contributed by atoms with Crippen LogP contribution in [-0.4, -0.2) is 11.0 Å². The zero-order chi connectivity index (χ0) is 11.3. The molecule has 0 spiro atoms. The predicted octanol–water partition coefficient (Wildman–Crippen LogP) is 2.78. The number of aromatic nitrogens is 1. The molecule has 0 bridgehead atoms. The van der Waals surface area contributed by atoms with Gasteiger partial charge < -0.3 is 5.73 Å². The first-order valence-corrected chi connectivity index (χ1v) is 5.63. The number of pyridine rings is 1. The van der Waals surface area contributed by atoms with Crippen LogP contribution < -0.4 is 5.73 Å². The van der Waals surface area contributed by atoms with Crippen molar-refractivity contribution >= 4 is 0 Å². The molecule has 1 rings (SSSR count). The Hall–Kier alpha value is -0.890. The third-order valence-corrected chi connectivity index (χ3v) is 2.46. The van der Waals surface area contributed by atoms with Crippen molar-refractivity contribution in [2.45, 2.75) is 46.1 Å². The van der Waals surface area contributed by atoms with Crippen LogP contribution in [0.5, 0.6) is 0 Å². The fraction of sp³-hybridized carbons (Fsp3) is 0.615. The highest BCUT2D eigenvalue weighted by Gasteiger charge is 2.13. The Morgan fingerprint density at radius 2 is 2.07 bits per heavy atom. The lowest BCUT2D eigenvalue weighted by Crippen LogP contribution is -2.25. The molecule has 15 heavy (non-hydrogen) atoms. The average Bonchev–Trinajstić information content (AvgIpc) is 2.15. The van der Waals surface area contributed by atoms with Gasteiger partial charge in [-0.15, -0.1) is 0 Å². The van der Waals surface area contributed by atoms with Gasteiger partial charge in [0.1, 0.15) is 0 Å². The summed E-state index contributed by atoms with van der Waals surface area (Å²) in [6.45, 7) is 6.75. The fourth-order valence-electron chi connectivity index (χ4n) is 1.51. The van der Waals surface area contributed by atoms with Crippen LogP contribution in [0.3, 0.4) is 0 Å². The van der Waals surface area contributed by atoms with Crippen molar-refractivity contribution in [1.29, 1.82) is 0 Å². The van der Waals surface area contributed by atoms with Crippen LogP contribution in [0.2, 0.25) is 0 Å². The Morgan fingerprint density at radius 1 is 1.33 bits per heavy atom. The predicted molar refractivity (Wildman–Crippen MR) is 64.6 cm³/mol. The van der Waals surface area contributed by atoms with E-state index in [4.69, 9.17) is 5.73 Å². The maximum atomic E-state index is 6.07. The van der Waals surface area contributed by atoms with Gasteiger partial charge in [0.15, 0.2) is 0 Å². The lowest BCUT2D eigenvalue weighted by atomic mass is 9.88. The third kappa shape index (κ3) is 5.53. The maximum absolute atomic E-state index is 6.07. The molecule has 1 unspecified atom stereocenters. The van der Waals surface area contributed by atoms with Gasteiger partial charge in [-0.2, -0.15) is 0 Å². The first-order chi connectivity index (χ1) is 6.97. The van der Waals surface area contributed by atoms with Crippen LogP contribution in [0.4, 0.5) is 0 Å². The van der Waals surface area contributed by atoms with Gasteiger partial charge in [0.25, 0.3) is 0 Å². The van der Waals surface area contributed by atoms with Crippen molar-refractivity contribution in [1.82, 2.24) is 4.98 Å². The molecule has 2 nitrogen and oxygen atoms in total. The monoisotopic (exact) mass is 206 g/mol. The quantitative estimate of drug-likeness (QED) is 0.822. The van der Waals surface area contributed by atoms with Crippen LogP contribution in [0.25, 0.3) is 0 Å². The van der Waals surface area contributed by atoms with Gasteiger partial charge in [-0.3, -0.25) is 4.98 Å². The molecule has 1 aromatic rings. The Kier molecular flexibility index (Phi) is 4.28. The van der Waals surface area contributed by atoms with Gasteiger partial charge in [-0.05, 0) is 30.4 Å². The zero-order valence-corrected chi connectivity index (χ0v) is 10.0. The molecule has 0 saturated heterocycles. The summed E-state index contributed by atoms with van der Waals surface area (Å²) in [7, 11) is 0. The molecule has 0 aliphatic rings. The average molecular weight is 206 g/mol. The Labute approximate surface area is 92.9 Å². The van der Waals surface area contributed by atoms with E-state index in [-0.39, 0.29) is 6.04 Å². The summed E-state index contributed by atoms with van der Waals surface area (Å²) in [6.07, 6.45) is 4.95. The van der Waals surface area contributed by atoms with E-state index in [1.54, 1.807) is 0 Å². The summed E-state index contributed by atoms with van der Waals surface area (Å²) in [5.41, 5.74) is 7.55. The zero-order valence-electron chi connectivity index (χ0n) is 10.0. The van der Waals surface area contributed by atoms with Crippen LogP contribution in [0, 0.1) is 5.41 Å². The van der Waals surface area contributed by atoms with E-state index >= 15 is 0 Å². The largest absolute Gasteiger partial charge is 0.327 e. The van der Waals surface area contributed by atoms with Crippen molar-refractivity contribution in [3.63, 3.8) is 0 Å². The Morgan fingerprint density at radius 3 is 2.60 bits per heavy atom. The highest BCUT2D eigenvalue weighted by molar-refractivity contribution is 5.04. The van der Waals surface area contributed by atoms with Gasteiger partial charge in [0.05, 0.1) is 0 Å². The summed E-state index contributed by atoms with van der Waals surface area (Å²) in [5, 5.41) is 0. The van der Waals surface area contributed by atoms with Crippen LogP contribution in [0.1, 0.15) is 39.3 Å². The molecule has 1 atom stereocenters. The summed E-state index contributed by atoms with van der Waals surface area (Å²) < 4.78 is 0. The van der Waals surface area contributed by atoms with Crippen molar-refractivity contribution in [3.05, 3.63) is 30.1 Å². The highest BCUT2D eigenvalue weighted by Crippen LogP contribution is 2.21. The van der Waals surface area contributed by atoms with E-state index in [0.717, 1.165) is 18.5 Å². The van der Waals surface area contributed by atoms with Crippen LogP contribution >= 0.6 is 0 Å². The Balaban J connectivity index is 2.34. The van der Waals surface area contributed by atoms with Gasteiger partial charge in [0.2, 0.25) is 0 Å². The molecule has 0 amide bonds. The second kappa shape index (κ2) is 5.26. The summed E-state index contributed by atoms with van der Waals surface area (Å²) in [5.74, 6) is 0. The van der Waals surface area contributed by atoms with E-state index in [9.17, 15) is 0 Å². The minimum atomic E-state index is 0.235. The number of nitrogens with two attached hydrogens (primary N) is 1. The van der Waals surface area contributed by atoms with Gasteiger partial charge in [0, 0.05) is 24.4 Å². The van der Waals surface area contributed by atoms with Crippen molar-refractivity contribution in [2.24, 2.45) is 11.1 Å². The fourth-order valence-corrected chi connectivity index (χ4v) is 1.51. The van der Waals surface area contributed by atoms with E-state index in [2.05, 4.69) is 25.8 Å². The van der Waals surface area contributed by atoms with Crippen LogP contribution in [0.15, 0.2) is 24.4 Å². The van der Waals surface area contributed by atoms with E-state index in [1.807, 2.05) is 24.4 Å². The second-order valence-electron chi connectivity index (χ2n) is 5.38. The smallest absolute Gasteiger partial charge is 0.0419 e. The highest BCUT2D eigenvalue weighted by atomic mass is 14.7. The molecule has 0 fully saturated rings. The van der Waals surface area contributed by atoms with Gasteiger partial charge in [-0.1, -0.05) is 26.8 Å². The van der Waals surface area contributed by atoms with E-state index in [1.165, 1.54) is 6.42 Å². The maximum Gasteiger partial charge on any atom is 0.0419 e. The summed E-state index contributed by atoms with van der Waals surface area (Å²) in [4.78, 5) is 4.28. The molecule has 0 aliphatic heterocycles. The van der Waals surface area contributed by atoms with Gasteiger partial charge >= 0.3 is 0 Å². The van der Waals surface area contributed by atoms with Crippen LogP contribution in [-0.2, 0) is 6.42 Å². The standard InChI is InChI=1S/C13H22N2/c1-13(2,3)8-7-11(14)10-12-6-4-5-9-15-12/h4-6,9,11H,7-8,10,14H2,1-3H3. The number of hydrogen-bond donors (Lipinski definition) is 1. The normalized spacial score (nSPS) is 13.9. The van der Waals surface area contributed by atoms with E-state index < -0.39 is 0 Å². The summed E-state index contributed by atoms with van der Waals surface area (Å²) >= 11 is 0. The number of nitrogens with zero attached hydrogens (tertiary/aromatic N) is 1. The molecule has 0 aliphatic carbocycles. The first kappa shape index (κ1) is 12.2. The van der Waals surface area contributed by atoms with Crippen molar-refractivity contribution < 1.29 is 0 Å². The second-order valence-corrected chi connectivity index (χ2v) is 5.38. The molecular weight excluding hydrogens is 184 g/mol. The minimum absolute atomic E-state index is 0.235. The third-order valence-electron chi connectivity index (χ3n) is 2.46.